The van der Waals surface area contributed by atoms with Crippen molar-refractivity contribution in [3.05, 3.63) is 29.6 Å². The van der Waals surface area contributed by atoms with Crippen molar-refractivity contribution in [1.82, 2.24) is 9.55 Å². The molecule has 0 fully saturated rings. The number of aryl methyl sites for hydroxylation is 1. The van der Waals surface area contributed by atoms with Gasteiger partial charge in [0.15, 0.2) is 0 Å². The van der Waals surface area contributed by atoms with Crippen molar-refractivity contribution in [2.24, 2.45) is 5.92 Å². The van der Waals surface area contributed by atoms with Crippen LogP contribution in [0.5, 0.6) is 0 Å². The van der Waals surface area contributed by atoms with Gasteiger partial charge in [-0.15, -0.1) is 11.6 Å². The number of imidazole rings is 1. The first-order chi connectivity index (χ1) is 9.69. The molecule has 1 atom stereocenters. The summed E-state index contributed by atoms with van der Waals surface area (Å²) in [6.07, 6.45) is 0.720. The molecule has 0 saturated carbocycles. The molecule has 0 radical (unpaired) electrons. The molecule has 2 aromatic rings. The van der Waals surface area contributed by atoms with E-state index in [0.717, 1.165) is 29.8 Å². The number of halogens is 1. The van der Waals surface area contributed by atoms with Gasteiger partial charge in [0, 0.05) is 26.0 Å². The lowest BCUT2D eigenvalue weighted by molar-refractivity contribution is 0.151. The van der Waals surface area contributed by atoms with Crippen LogP contribution in [0.25, 0.3) is 11.0 Å². The third-order valence-electron chi connectivity index (χ3n) is 3.22. The Bertz CT molecular complexity index is 630. The molecule has 0 aliphatic heterocycles. The van der Waals surface area contributed by atoms with Gasteiger partial charge < -0.3 is 9.30 Å². The van der Waals surface area contributed by atoms with Gasteiger partial charge in [0.2, 0.25) is 0 Å². The van der Waals surface area contributed by atoms with E-state index in [2.05, 4.69) is 22.5 Å². The number of hydrogen-bond acceptors (Lipinski definition) is 3. The highest BCUT2D eigenvalue weighted by Gasteiger charge is 2.13. The summed E-state index contributed by atoms with van der Waals surface area (Å²) < 4.78 is 7.35. The summed E-state index contributed by atoms with van der Waals surface area (Å²) in [5, 5.41) is 9.04. The normalized spacial score (nSPS) is 12.5. The maximum Gasteiger partial charge on any atom is 0.111 e. The highest BCUT2D eigenvalue weighted by molar-refractivity contribution is 6.17. The van der Waals surface area contributed by atoms with E-state index in [1.54, 1.807) is 13.2 Å². The van der Waals surface area contributed by atoms with E-state index in [9.17, 15) is 0 Å². The van der Waals surface area contributed by atoms with Gasteiger partial charge in [-0.2, -0.15) is 5.26 Å². The molecule has 20 heavy (non-hydrogen) atoms. The van der Waals surface area contributed by atoms with Gasteiger partial charge in [-0.05, 0) is 24.1 Å². The maximum atomic E-state index is 9.04. The molecule has 4 nitrogen and oxygen atoms in total. The number of nitrogens with zero attached hydrogens (tertiary/aromatic N) is 3. The highest BCUT2D eigenvalue weighted by atomic mass is 35.5. The third-order valence-corrected chi connectivity index (χ3v) is 3.41. The van der Waals surface area contributed by atoms with Crippen LogP contribution in [0, 0.1) is 17.2 Å². The van der Waals surface area contributed by atoms with E-state index in [1.807, 2.05) is 12.1 Å². The Hall–Kier alpha value is -1.57. The highest BCUT2D eigenvalue weighted by Crippen LogP contribution is 2.20. The fourth-order valence-electron chi connectivity index (χ4n) is 2.37. The summed E-state index contributed by atoms with van der Waals surface area (Å²) in [7, 11) is 1.70. The van der Waals surface area contributed by atoms with Crippen LogP contribution in [0.4, 0.5) is 0 Å². The summed E-state index contributed by atoms with van der Waals surface area (Å²) in [5.41, 5.74) is 2.55. The molecular weight excluding hydrogens is 274 g/mol. The number of ether oxygens (including phenoxy) is 1. The molecule has 106 valence electrons. The lowest BCUT2D eigenvalue weighted by Crippen LogP contribution is -2.15. The van der Waals surface area contributed by atoms with E-state index < -0.39 is 0 Å². The fraction of sp³-hybridized carbons (Fsp3) is 0.467. The van der Waals surface area contributed by atoms with Crippen LogP contribution >= 0.6 is 11.6 Å². The number of rotatable bonds is 6. The molecule has 0 N–H and O–H groups in total. The number of hydrogen-bond donors (Lipinski definition) is 0. The summed E-state index contributed by atoms with van der Waals surface area (Å²) in [4.78, 5) is 4.62. The minimum absolute atomic E-state index is 0.372. The molecular formula is C15H18ClN3O. The summed E-state index contributed by atoms with van der Waals surface area (Å²) in [6.45, 7) is 3.64. The Morgan fingerprint density at radius 3 is 2.95 bits per heavy atom. The zero-order chi connectivity index (χ0) is 14.5. The van der Waals surface area contributed by atoms with Crippen molar-refractivity contribution in [1.29, 1.82) is 5.26 Å². The Morgan fingerprint density at radius 2 is 2.30 bits per heavy atom. The van der Waals surface area contributed by atoms with E-state index in [-0.39, 0.29) is 0 Å². The van der Waals surface area contributed by atoms with Crippen molar-refractivity contribution < 1.29 is 4.74 Å². The van der Waals surface area contributed by atoms with Crippen LogP contribution in [-0.4, -0.2) is 29.1 Å². The molecule has 5 heteroatoms. The van der Waals surface area contributed by atoms with E-state index in [0.29, 0.717) is 24.0 Å². The van der Waals surface area contributed by atoms with E-state index in [4.69, 9.17) is 21.6 Å². The second-order valence-electron chi connectivity index (χ2n) is 4.95. The second kappa shape index (κ2) is 6.74. The van der Waals surface area contributed by atoms with Crippen LogP contribution < -0.4 is 0 Å². The molecule has 1 unspecified atom stereocenters. The van der Waals surface area contributed by atoms with Crippen LogP contribution in [0.3, 0.4) is 0 Å². The summed E-state index contributed by atoms with van der Waals surface area (Å²) >= 11 is 5.86. The lowest BCUT2D eigenvalue weighted by Gasteiger charge is -2.14. The van der Waals surface area contributed by atoms with Crippen LogP contribution in [0.2, 0.25) is 0 Å². The Balaban J connectivity index is 2.46. The molecule has 0 bridgehead atoms. The standard InChI is InChI=1S/C15H18ClN3O/c1-11(10-20-2)9-19-14-7-12(8-17)3-4-13(14)18-15(19)5-6-16/h3-4,7,11H,5-6,9-10H2,1-2H3. The van der Waals surface area contributed by atoms with Gasteiger partial charge in [0.25, 0.3) is 0 Å². The van der Waals surface area contributed by atoms with Crippen molar-refractivity contribution in [3.8, 4) is 6.07 Å². The van der Waals surface area contributed by atoms with Crippen molar-refractivity contribution in [2.75, 3.05) is 19.6 Å². The Kier molecular flexibility index (Phi) is 4.99. The van der Waals surface area contributed by atoms with Crippen LogP contribution in [0.1, 0.15) is 18.3 Å². The van der Waals surface area contributed by atoms with Crippen molar-refractivity contribution in [3.63, 3.8) is 0 Å². The average Bonchev–Trinajstić information content (AvgIpc) is 2.77. The zero-order valence-corrected chi connectivity index (χ0v) is 12.5. The fourth-order valence-corrected chi connectivity index (χ4v) is 2.54. The monoisotopic (exact) mass is 291 g/mol. The van der Waals surface area contributed by atoms with Crippen LogP contribution in [-0.2, 0) is 17.7 Å². The lowest BCUT2D eigenvalue weighted by atomic mass is 10.2. The number of benzene rings is 1. The average molecular weight is 292 g/mol. The number of methoxy groups -OCH3 is 1. The number of nitriles is 1. The molecule has 1 heterocycles. The third kappa shape index (κ3) is 3.12. The summed E-state index contributed by atoms with van der Waals surface area (Å²) in [6, 6.07) is 7.75. The minimum Gasteiger partial charge on any atom is -0.384 e. The molecule has 1 aromatic carbocycles. The molecule has 0 aliphatic rings. The van der Waals surface area contributed by atoms with Gasteiger partial charge in [-0.1, -0.05) is 6.92 Å². The minimum atomic E-state index is 0.372. The molecule has 1 aromatic heterocycles. The van der Waals surface area contributed by atoms with Crippen LogP contribution in [0.15, 0.2) is 18.2 Å². The zero-order valence-electron chi connectivity index (χ0n) is 11.8. The van der Waals surface area contributed by atoms with E-state index >= 15 is 0 Å². The maximum absolute atomic E-state index is 9.04. The first-order valence-corrected chi connectivity index (χ1v) is 7.17. The second-order valence-corrected chi connectivity index (χ2v) is 5.33. The van der Waals surface area contributed by atoms with Gasteiger partial charge in [0.05, 0.1) is 29.3 Å². The summed E-state index contributed by atoms with van der Waals surface area (Å²) in [5.74, 6) is 1.87. The number of aromatic nitrogens is 2. The van der Waals surface area contributed by atoms with E-state index in [1.165, 1.54) is 0 Å². The predicted molar refractivity (Wildman–Crippen MR) is 79.9 cm³/mol. The topological polar surface area (TPSA) is 50.8 Å². The van der Waals surface area contributed by atoms with Crippen molar-refractivity contribution in [2.45, 2.75) is 19.9 Å². The molecule has 0 amide bonds. The van der Waals surface area contributed by atoms with Gasteiger partial charge in [0.1, 0.15) is 5.82 Å². The Labute approximate surface area is 123 Å². The molecule has 2 rings (SSSR count). The van der Waals surface area contributed by atoms with Gasteiger partial charge in [-0.3, -0.25) is 0 Å². The first-order valence-electron chi connectivity index (χ1n) is 6.63. The SMILES string of the molecule is COCC(C)Cn1c(CCCl)nc2ccc(C#N)cc21. The predicted octanol–water partition coefficient (Wildman–Crippen LogP) is 2.97. The van der Waals surface area contributed by atoms with Gasteiger partial charge in [-0.25, -0.2) is 4.98 Å². The first kappa shape index (κ1) is 14.8. The quantitative estimate of drug-likeness (QED) is 0.769. The largest absolute Gasteiger partial charge is 0.384 e. The number of alkyl halides is 1. The Morgan fingerprint density at radius 1 is 1.50 bits per heavy atom. The smallest absolute Gasteiger partial charge is 0.111 e. The molecule has 0 saturated heterocycles. The molecule has 0 aliphatic carbocycles. The van der Waals surface area contributed by atoms with Gasteiger partial charge >= 0.3 is 0 Å². The molecule has 0 spiro atoms. The van der Waals surface area contributed by atoms with Crippen molar-refractivity contribution >= 4 is 22.6 Å². The number of fused-ring (bicyclic) bond motifs is 1.